The van der Waals surface area contributed by atoms with Crippen LogP contribution < -0.4 is 10.2 Å². The number of amides is 1. The van der Waals surface area contributed by atoms with Crippen LogP contribution in [-0.4, -0.2) is 28.6 Å². The van der Waals surface area contributed by atoms with Crippen molar-refractivity contribution in [2.75, 3.05) is 6.61 Å². The van der Waals surface area contributed by atoms with Gasteiger partial charge in [0, 0.05) is 12.3 Å². The Kier molecular flexibility index (Phi) is 5.36. The Morgan fingerprint density at radius 1 is 1.61 bits per heavy atom. The number of carbonyl (C=O) groups excluding carboxylic acids is 1. The summed E-state index contributed by atoms with van der Waals surface area (Å²) in [6, 6.07) is 4.60. The first kappa shape index (κ1) is 16.6. The summed E-state index contributed by atoms with van der Waals surface area (Å²) in [5.74, 6) is -0.245. The lowest BCUT2D eigenvalue weighted by molar-refractivity contribution is -0.385. The molecule has 2 heterocycles. The minimum Gasteiger partial charge on any atom is -0.477 e. The molecular weight excluding hydrogens is 320 g/mol. The Bertz CT molecular complexity index is 757. The highest BCUT2D eigenvalue weighted by Crippen LogP contribution is 2.26. The molecule has 0 aromatic carbocycles. The Morgan fingerprint density at radius 3 is 3.04 bits per heavy atom. The molecular formula is C14H14N4O4S. The van der Waals surface area contributed by atoms with E-state index in [1.165, 1.54) is 29.8 Å². The van der Waals surface area contributed by atoms with Gasteiger partial charge >= 0.3 is 0 Å². The second-order valence-electron chi connectivity index (χ2n) is 4.34. The van der Waals surface area contributed by atoms with E-state index in [0.717, 1.165) is 0 Å². The first-order valence-electron chi connectivity index (χ1n) is 6.69. The summed E-state index contributed by atoms with van der Waals surface area (Å²) in [6.45, 7) is 3.84. The van der Waals surface area contributed by atoms with Crippen LogP contribution in [-0.2, 0) is 0 Å². The number of carbonyl (C=O) groups is 1. The van der Waals surface area contributed by atoms with Gasteiger partial charge in [0.15, 0.2) is 0 Å². The second-order valence-corrected chi connectivity index (χ2v) is 5.62. The summed E-state index contributed by atoms with van der Waals surface area (Å²) in [5, 5.41) is 14.6. The fourth-order valence-electron chi connectivity index (χ4n) is 1.77. The van der Waals surface area contributed by atoms with Crippen molar-refractivity contribution >= 4 is 29.1 Å². The van der Waals surface area contributed by atoms with Gasteiger partial charge in [0.05, 0.1) is 27.5 Å². The molecule has 0 bridgehead atoms. The monoisotopic (exact) mass is 334 g/mol. The van der Waals surface area contributed by atoms with Gasteiger partial charge in [0.2, 0.25) is 5.88 Å². The molecule has 23 heavy (non-hydrogen) atoms. The van der Waals surface area contributed by atoms with Gasteiger partial charge in [-0.05, 0) is 26.0 Å². The first-order chi connectivity index (χ1) is 11.0. The summed E-state index contributed by atoms with van der Waals surface area (Å²) in [6.07, 6.45) is 2.89. The van der Waals surface area contributed by atoms with Gasteiger partial charge in [-0.2, -0.15) is 5.10 Å². The molecule has 0 atom stereocenters. The van der Waals surface area contributed by atoms with E-state index in [1.54, 1.807) is 26.0 Å². The van der Waals surface area contributed by atoms with Gasteiger partial charge < -0.3 is 4.74 Å². The number of nitrogens with zero attached hydrogens (tertiary/aromatic N) is 3. The fourth-order valence-corrected chi connectivity index (χ4v) is 2.64. The molecule has 0 aliphatic rings. The number of aryl methyl sites for hydroxylation is 1. The van der Waals surface area contributed by atoms with Crippen molar-refractivity contribution in [3.05, 3.63) is 49.8 Å². The molecule has 2 aromatic heterocycles. The first-order valence-corrected chi connectivity index (χ1v) is 7.50. The highest BCUT2D eigenvalue weighted by molar-refractivity contribution is 7.14. The van der Waals surface area contributed by atoms with Crippen molar-refractivity contribution in [2.24, 2.45) is 5.10 Å². The summed E-state index contributed by atoms with van der Waals surface area (Å²) in [5.41, 5.74) is 2.65. The number of nitro groups is 1. The molecule has 0 fully saturated rings. The zero-order valence-corrected chi connectivity index (χ0v) is 13.3. The molecule has 0 spiro atoms. The van der Waals surface area contributed by atoms with E-state index in [0.29, 0.717) is 16.4 Å². The van der Waals surface area contributed by atoms with Crippen LogP contribution in [0.1, 0.15) is 27.0 Å². The molecule has 8 nitrogen and oxygen atoms in total. The third kappa shape index (κ3) is 4.10. The van der Waals surface area contributed by atoms with Gasteiger partial charge in [-0.3, -0.25) is 14.9 Å². The summed E-state index contributed by atoms with van der Waals surface area (Å²) < 4.78 is 5.27. The second kappa shape index (κ2) is 7.45. The quantitative estimate of drug-likeness (QED) is 0.496. The molecule has 0 saturated carbocycles. The van der Waals surface area contributed by atoms with Crippen molar-refractivity contribution in [2.45, 2.75) is 13.8 Å². The lowest BCUT2D eigenvalue weighted by Crippen LogP contribution is -2.19. The number of hydrazone groups is 1. The van der Waals surface area contributed by atoms with E-state index < -0.39 is 10.8 Å². The van der Waals surface area contributed by atoms with Crippen LogP contribution in [0, 0.1) is 17.0 Å². The predicted octanol–water partition coefficient (Wildman–Crippen LogP) is 2.52. The van der Waals surface area contributed by atoms with E-state index >= 15 is 0 Å². The van der Waals surface area contributed by atoms with Crippen LogP contribution >= 0.6 is 11.3 Å². The zero-order valence-electron chi connectivity index (χ0n) is 12.5. The third-order valence-corrected chi connectivity index (χ3v) is 3.74. The minimum absolute atomic E-state index is 0.0358. The zero-order chi connectivity index (χ0) is 16.8. The van der Waals surface area contributed by atoms with Crippen LogP contribution in [0.2, 0.25) is 0 Å². The van der Waals surface area contributed by atoms with Crippen molar-refractivity contribution in [3.63, 3.8) is 0 Å². The van der Waals surface area contributed by atoms with E-state index in [9.17, 15) is 14.9 Å². The van der Waals surface area contributed by atoms with Gasteiger partial charge in [-0.1, -0.05) is 0 Å². The highest BCUT2D eigenvalue weighted by Gasteiger charge is 2.15. The predicted molar refractivity (Wildman–Crippen MR) is 86.2 cm³/mol. The fraction of sp³-hybridized carbons (Fsp3) is 0.214. The molecule has 2 rings (SSSR count). The smallest absolute Gasteiger partial charge is 0.283 e. The molecule has 120 valence electrons. The average Bonchev–Trinajstić information content (AvgIpc) is 2.89. The molecule has 0 saturated heterocycles. The molecule has 0 aliphatic carbocycles. The normalized spacial score (nSPS) is 10.7. The van der Waals surface area contributed by atoms with E-state index in [-0.39, 0.29) is 17.1 Å². The lowest BCUT2D eigenvalue weighted by Gasteiger charge is -2.06. The number of nitrogens with one attached hydrogen (secondary N) is 1. The molecule has 1 amide bonds. The largest absolute Gasteiger partial charge is 0.477 e. The van der Waals surface area contributed by atoms with Gasteiger partial charge in [0.25, 0.3) is 11.6 Å². The van der Waals surface area contributed by atoms with Gasteiger partial charge in [-0.25, -0.2) is 10.4 Å². The third-order valence-electron chi connectivity index (χ3n) is 2.76. The molecule has 0 unspecified atom stereocenters. The maximum absolute atomic E-state index is 12.1. The Balaban J connectivity index is 2.07. The molecule has 9 heteroatoms. The van der Waals surface area contributed by atoms with Crippen molar-refractivity contribution in [1.82, 2.24) is 10.4 Å². The number of hydrogen-bond acceptors (Lipinski definition) is 7. The number of pyridine rings is 1. The maximum Gasteiger partial charge on any atom is 0.283 e. The molecule has 0 radical (unpaired) electrons. The Hall–Kier alpha value is -2.81. The lowest BCUT2D eigenvalue weighted by atomic mass is 10.2. The standard InChI is InChI=1S/C14H14N4O4S/c1-3-22-14-11(5-4-6-15-14)13(19)17-16-8-10-7-12(18(20)21)9(2)23-10/h4-8H,3H2,1-2H3,(H,17,19)/b16-8-. The van der Waals surface area contributed by atoms with Crippen LogP contribution in [0.15, 0.2) is 29.5 Å². The SMILES string of the molecule is CCOc1ncccc1C(=O)N/N=C\c1cc([N+](=O)[O-])c(C)s1. The number of hydrogen-bond donors (Lipinski definition) is 1. The van der Waals surface area contributed by atoms with Gasteiger partial charge in [-0.15, -0.1) is 11.3 Å². The number of thiophene rings is 1. The molecule has 0 aliphatic heterocycles. The average molecular weight is 334 g/mol. The van der Waals surface area contributed by atoms with Crippen LogP contribution in [0.5, 0.6) is 5.88 Å². The van der Waals surface area contributed by atoms with Crippen LogP contribution in [0.3, 0.4) is 0 Å². The Labute approximate surface area is 136 Å². The molecule has 2 aromatic rings. The Morgan fingerprint density at radius 2 is 2.39 bits per heavy atom. The number of aromatic nitrogens is 1. The van der Waals surface area contributed by atoms with E-state index in [4.69, 9.17) is 4.74 Å². The highest BCUT2D eigenvalue weighted by atomic mass is 32.1. The van der Waals surface area contributed by atoms with E-state index in [2.05, 4.69) is 15.5 Å². The summed E-state index contributed by atoms with van der Waals surface area (Å²) >= 11 is 1.22. The maximum atomic E-state index is 12.1. The number of ether oxygens (including phenoxy) is 1. The molecule has 1 N–H and O–H groups in total. The van der Waals surface area contributed by atoms with E-state index in [1.807, 2.05) is 0 Å². The van der Waals surface area contributed by atoms with Crippen molar-refractivity contribution in [3.8, 4) is 5.88 Å². The van der Waals surface area contributed by atoms with Crippen LogP contribution in [0.25, 0.3) is 0 Å². The summed E-state index contributed by atoms with van der Waals surface area (Å²) in [7, 11) is 0. The van der Waals surface area contributed by atoms with Crippen molar-refractivity contribution in [1.29, 1.82) is 0 Å². The topological polar surface area (TPSA) is 107 Å². The van der Waals surface area contributed by atoms with Crippen molar-refractivity contribution < 1.29 is 14.5 Å². The minimum atomic E-state index is -0.472. The number of rotatable bonds is 6. The van der Waals surface area contributed by atoms with Crippen LogP contribution in [0.4, 0.5) is 5.69 Å². The summed E-state index contributed by atoms with van der Waals surface area (Å²) in [4.78, 5) is 27.5. The van der Waals surface area contributed by atoms with Gasteiger partial charge in [0.1, 0.15) is 5.56 Å².